The van der Waals surface area contributed by atoms with E-state index in [-0.39, 0.29) is 18.1 Å². The molecule has 0 radical (unpaired) electrons. The first-order valence-corrected chi connectivity index (χ1v) is 6.28. The Morgan fingerprint density at radius 3 is 2.59 bits per heavy atom. The number of nitrogens with one attached hydrogen (secondary N) is 1. The van der Waals surface area contributed by atoms with Gasteiger partial charge in [0.2, 0.25) is 0 Å². The Balaban J connectivity index is 3.09. The molecular weight excluding hydrogens is 214 g/mol. The van der Waals surface area contributed by atoms with Gasteiger partial charge in [0.25, 0.3) is 0 Å². The van der Waals surface area contributed by atoms with E-state index in [0.717, 1.165) is 18.7 Å². The van der Waals surface area contributed by atoms with Gasteiger partial charge in [0.1, 0.15) is 0 Å². The number of aliphatic hydroxyl groups is 1. The summed E-state index contributed by atoms with van der Waals surface area (Å²) in [6.07, 6.45) is 2.78. The van der Waals surface area contributed by atoms with E-state index in [4.69, 9.17) is 5.11 Å². The van der Waals surface area contributed by atoms with E-state index in [1.165, 1.54) is 5.56 Å². The molecule has 1 unspecified atom stereocenters. The molecule has 4 nitrogen and oxygen atoms in total. The van der Waals surface area contributed by atoms with Crippen molar-refractivity contribution in [2.75, 3.05) is 13.2 Å². The lowest BCUT2D eigenvalue weighted by Crippen LogP contribution is -2.25. The summed E-state index contributed by atoms with van der Waals surface area (Å²) in [4.78, 5) is 0. The van der Waals surface area contributed by atoms with E-state index in [9.17, 15) is 0 Å². The molecule has 1 aromatic heterocycles. The molecule has 1 aromatic rings. The molecule has 0 amide bonds. The summed E-state index contributed by atoms with van der Waals surface area (Å²) < 4.78 is 1.86. The number of aromatic nitrogens is 2. The average molecular weight is 239 g/mol. The highest BCUT2D eigenvalue weighted by Gasteiger charge is 2.25. The van der Waals surface area contributed by atoms with Gasteiger partial charge in [0.15, 0.2) is 0 Å². The van der Waals surface area contributed by atoms with Crippen LogP contribution >= 0.6 is 0 Å². The Hall–Kier alpha value is -0.870. The summed E-state index contributed by atoms with van der Waals surface area (Å²) >= 11 is 0. The lowest BCUT2D eigenvalue weighted by Gasteiger charge is -2.22. The third kappa shape index (κ3) is 3.54. The predicted octanol–water partition coefficient (Wildman–Crippen LogP) is 1.75. The van der Waals surface area contributed by atoms with Crippen molar-refractivity contribution < 1.29 is 5.11 Å². The number of hydrogen-bond acceptors (Lipinski definition) is 3. The molecule has 0 spiro atoms. The van der Waals surface area contributed by atoms with Crippen molar-refractivity contribution in [3.63, 3.8) is 0 Å². The molecule has 1 rings (SSSR count). The lowest BCUT2D eigenvalue weighted by atomic mass is 9.87. The van der Waals surface area contributed by atoms with Crippen LogP contribution < -0.4 is 5.32 Å². The van der Waals surface area contributed by atoms with E-state index >= 15 is 0 Å². The smallest absolute Gasteiger partial charge is 0.0725 e. The molecule has 0 aliphatic rings. The summed E-state index contributed by atoms with van der Waals surface area (Å²) in [5, 5.41) is 17.1. The number of rotatable bonds is 5. The molecule has 1 atom stereocenters. The van der Waals surface area contributed by atoms with Gasteiger partial charge in [-0.2, -0.15) is 5.10 Å². The van der Waals surface area contributed by atoms with Crippen LogP contribution in [0.1, 0.15) is 51.4 Å². The van der Waals surface area contributed by atoms with Crippen LogP contribution in [0, 0.1) is 0 Å². The van der Waals surface area contributed by atoms with Crippen molar-refractivity contribution in [2.45, 2.75) is 45.6 Å². The fourth-order valence-electron chi connectivity index (χ4n) is 2.09. The Kier molecular flexibility index (Phi) is 4.71. The third-order valence-corrected chi connectivity index (χ3v) is 2.81. The molecule has 0 fully saturated rings. The van der Waals surface area contributed by atoms with E-state index in [1.54, 1.807) is 0 Å². The van der Waals surface area contributed by atoms with Crippen molar-refractivity contribution in [3.05, 3.63) is 17.5 Å². The molecule has 2 N–H and O–H groups in total. The topological polar surface area (TPSA) is 50.1 Å². The van der Waals surface area contributed by atoms with Crippen LogP contribution in [0.4, 0.5) is 0 Å². The predicted molar refractivity (Wildman–Crippen MR) is 70.0 cm³/mol. The van der Waals surface area contributed by atoms with Gasteiger partial charge < -0.3 is 10.4 Å². The van der Waals surface area contributed by atoms with Gasteiger partial charge in [-0.25, -0.2) is 0 Å². The molecule has 0 aliphatic carbocycles. The van der Waals surface area contributed by atoms with Gasteiger partial charge in [0, 0.05) is 36.9 Å². The van der Waals surface area contributed by atoms with Crippen LogP contribution in [-0.4, -0.2) is 28.0 Å². The van der Waals surface area contributed by atoms with Gasteiger partial charge in [-0.15, -0.1) is 0 Å². The van der Waals surface area contributed by atoms with E-state index < -0.39 is 0 Å². The Morgan fingerprint density at radius 1 is 1.47 bits per heavy atom. The second kappa shape index (κ2) is 5.65. The SMILES string of the molecule is CCNC(CCO)c1cn(C)nc1C(C)(C)C. The van der Waals surface area contributed by atoms with Crippen molar-refractivity contribution in [1.29, 1.82) is 0 Å². The van der Waals surface area contributed by atoms with Crippen LogP contribution in [0.15, 0.2) is 6.20 Å². The van der Waals surface area contributed by atoms with Gasteiger partial charge in [-0.3, -0.25) is 4.68 Å². The van der Waals surface area contributed by atoms with Crippen molar-refractivity contribution in [2.24, 2.45) is 7.05 Å². The summed E-state index contributed by atoms with van der Waals surface area (Å²) in [6, 6.07) is 0.188. The second-order valence-electron chi connectivity index (χ2n) is 5.48. The fourth-order valence-corrected chi connectivity index (χ4v) is 2.09. The number of hydrogen-bond donors (Lipinski definition) is 2. The Labute approximate surface area is 104 Å². The number of aryl methyl sites for hydroxylation is 1. The highest BCUT2D eigenvalue weighted by atomic mass is 16.3. The number of aliphatic hydroxyl groups excluding tert-OH is 1. The van der Waals surface area contributed by atoms with Crippen LogP contribution in [0.2, 0.25) is 0 Å². The molecule has 0 saturated heterocycles. The maximum atomic E-state index is 9.16. The maximum absolute atomic E-state index is 9.16. The normalized spacial score (nSPS) is 14.0. The zero-order valence-corrected chi connectivity index (χ0v) is 11.6. The molecule has 0 bridgehead atoms. The highest BCUT2D eigenvalue weighted by Crippen LogP contribution is 2.29. The van der Waals surface area contributed by atoms with E-state index in [2.05, 4.69) is 44.3 Å². The second-order valence-corrected chi connectivity index (χ2v) is 5.48. The van der Waals surface area contributed by atoms with Crippen LogP contribution in [0.25, 0.3) is 0 Å². The van der Waals surface area contributed by atoms with Crippen molar-refractivity contribution in [1.82, 2.24) is 15.1 Å². The third-order valence-electron chi connectivity index (χ3n) is 2.81. The molecule has 17 heavy (non-hydrogen) atoms. The highest BCUT2D eigenvalue weighted by molar-refractivity contribution is 5.27. The van der Waals surface area contributed by atoms with Gasteiger partial charge >= 0.3 is 0 Å². The molecule has 0 aliphatic heterocycles. The fraction of sp³-hybridized carbons (Fsp3) is 0.769. The van der Waals surface area contributed by atoms with Crippen LogP contribution in [-0.2, 0) is 12.5 Å². The molecule has 1 heterocycles. The minimum absolute atomic E-state index is 0.0275. The molecule has 0 aromatic carbocycles. The maximum Gasteiger partial charge on any atom is 0.0725 e. The number of nitrogens with zero attached hydrogens (tertiary/aromatic N) is 2. The first-order valence-electron chi connectivity index (χ1n) is 6.28. The van der Waals surface area contributed by atoms with E-state index in [1.807, 2.05) is 11.7 Å². The molecule has 4 heteroatoms. The summed E-state index contributed by atoms with van der Waals surface area (Å²) in [5.74, 6) is 0. The first kappa shape index (κ1) is 14.2. The molecular formula is C13H25N3O. The minimum Gasteiger partial charge on any atom is -0.396 e. The summed E-state index contributed by atoms with van der Waals surface area (Å²) in [6.45, 7) is 9.67. The van der Waals surface area contributed by atoms with Gasteiger partial charge in [0.05, 0.1) is 5.69 Å². The first-order chi connectivity index (χ1) is 7.90. The zero-order valence-electron chi connectivity index (χ0n) is 11.6. The quantitative estimate of drug-likeness (QED) is 0.823. The molecule has 98 valence electrons. The zero-order chi connectivity index (χ0) is 13.1. The Bertz CT molecular complexity index is 346. The van der Waals surface area contributed by atoms with Crippen molar-refractivity contribution >= 4 is 0 Å². The van der Waals surface area contributed by atoms with Crippen LogP contribution in [0.3, 0.4) is 0 Å². The Morgan fingerprint density at radius 2 is 2.12 bits per heavy atom. The van der Waals surface area contributed by atoms with Crippen molar-refractivity contribution in [3.8, 4) is 0 Å². The molecule has 0 saturated carbocycles. The standard InChI is InChI=1S/C13H25N3O/c1-6-14-11(7-8-17)10-9-16(5)15-12(10)13(2,3)4/h9,11,14,17H,6-8H2,1-5H3. The van der Waals surface area contributed by atoms with Gasteiger partial charge in [-0.1, -0.05) is 27.7 Å². The summed E-state index contributed by atoms with van der Waals surface area (Å²) in [7, 11) is 1.95. The van der Waals surface area contributed by atoms with Crippen LogP contribution in [0.5, 0.6) is 0 Å². The lowest BCUT2D eigenvalue weighted by molar-refractivity contribution is 0.265. The monoisotopic (exact) mass is 239 g/mol. The minimum atomic E-state index is 0.0275. The average Bonchev–Trinajstić information content (AvgIpc) is 2.59. The summed E-state index contributed by atoms with van der Waals surface area (Å²) in [5.41, 5.74) is 2.34. The largest absolute Gasteiger partial charge is 0.396 e. The van der Waals surface area contributed by atoms with E-state index in [0.29, 0.717) is 0 Å². The van der Waals surface area contributed by atoms with Gasteiger partial charge in [-0.05, 0) is 13.0 Å².